The van der Waals surface area contributed by atoms with E-state index in [-0.39, 0.29) is 10.8 Å². The molecule has 3 aliphatic carbocycles. The van der Waals surface area contributed by atoms with E-state index < -0.39 is 0 Å². The molecule has 0 radical (unpaired) electrons. The zero-order chi connectivity index (χ0) is 22.5. The molecule has 5 rings (SSSR count). The molecule has 3 fully saturated rings. The van der Waals surface area contributed by atoms with Crippen LogP contribution in [0.15, 0.2) is 24.5 Å². The standard InChI is InChI=1S/C28H40N2O2/c1-5-26(31)30-15-7-13-28(4)24-12-14-27(3)22(19-16-20(32-6-2)18-29-17-19)9-10-23(27)21(24)8-11-25(28)30/h9,16-18,21,23-25H,5-8,10-15H2,1-4H3/t21?,23-,24?,25?,27?,28?/m0/s1. The maximum absolute atomic E-state index is 12.7. The lowest BCUT2D eigenvalue weighted by Crippen LogP contribution is -2.61. The van der Waals surface area contributed by atoms with Crippen LogP contribution < -0.4 is 4.74 Å². The smallest absolute Gasteiger partial charge is 0.222 e. The van der Waals surface area contributed by atoms with Gasteiger partial charge in [-0.1, -0.05) is 26.8 Å². The fraction of sp³-hybridized carbons (Fsp3) is 0.714. The SMILES string of the molecule is CCOc1cncc(C2=CC[C@H]3C4CCC5N(C(=O)CC)CCCC5(C)C4CCC23C)c1. The first-order valence-electron chi connectivity index (χ1n) is 13.0. The van der Waals surface area contributed by atoms with Crippen molar-refractivity contribution < 1.29 is 9.53 Å². The predicted molar refractivity (Wildman–Crippen MR) is 128 cm³/mol. The highest BCUT2D eigenvalue weighted by atomic mass is 16.5. The summed E-state index contributed by atoms with van der Waals surface area (Å²) in [5, 5.41) is 0. The van der Waals surface area contributed by atoms with Gasteiger partial charge in [0.1, 0.15) is 5.75 Å². The number of hydrogen-bond donors (Lipinski definition) is 0. The number of hydrogen-bond acceptors (Lipinski definition) is 3. The van der Waals surface area contributed by atoms with Crippen molar-refractivity contribution in [1.82, 2.24) is 9.88 Å². The number of amides is 1. The third kappa shape index (κ3) is 3.23. The Morgan fingerprint density at radius 2 is 2.00 bits per heavy atom. The summed E-state index contributed by atoms with van der Waals surface area (Å²) in [4.78, 5) is 19.5. The lowest BCUT2D eigenvalue weighted by atomic mass is 9.46. The molecule has 1 saturated heterocycles. The van der Waals surface area contributed by atoms with Crippen LogP contribution in [-0.2, 0) is 4.79 Å². The van der Waals surface area contributed by atoms with E-state index in [1.807, 2.05) is 26.2 Å². The summed E-state index contributed by atoms with van der Waals surface area (Å²) in [6.07, 6.45) is 15.6. The number of nitrogens with zero attached hydrogens (tertiary/aromatic N) is 2. The largest absolute Gasteiger partial charge is 0.492 e. The van der Waals surface area contributed by atoms with E-state index in [0.717, 1.165) is 24.1 Å². The molecule has 0 N–H and O–H groups in total. The minimum Gasteiger partial charge on any atom is -0.492 e. The molecule has 4 heteroatoms. The van der Waals surface area contributed by atoms with Crippen molar-refractivity contribution in [1.29, 1.82) is 0 Å². The van der Waals surface area contributed by atoms with Gasteiger partial charge >= 0.3 is 0 Å². The van der Waals surface area contributed by atoms with Crippen LogP contribution in [0.5, 0.6) is 5.75 Å². The molecule has 4 aliphatic rings. The van der Waals surface area contributed by atoms with Gasteiger partial charge in [0.25, 0.3) is 0 Å². The minimum atomic E-state index is 0.227. The number of fused-ring (bicyclic) bond motifs is 5. The predicted octanol–water partition coefficient (Wildman–Crippen LogP) is 6.12. The number of ether oxygens (including phenoxy) is 1. The summed E-state index contributed by atoms with van der Waals surface area (Å²) in [6.45, 7) is 10.7. The molecule has 1 aliphatic heterocycles. The number of likely N-dealkylation sites (tertiary alicyclic amines) is 1. The van der Waals surface area contributed by atoms with Gasteiger partial charge in [0.15, 0.2) is 0 Å². The zero-order valence-electron chi connectivity index (χ0n) is 20.4. The maximum atomic E-state index is 12.7. The van der Waals surface area contributed by atoms with Gasteiger partial charge in [0.2, 0.25) is 5.91 Å². The molecule has 0 aromatic carbocycles. The Morgan fingerprint density at radius 3 is 2.78 bits per heavy atom. The number of aromatic nitrogens is 1. The third-order valence-corrected chi connectivity index (χ3v) is 9.85. The fourth-order valence-electron chi connectivity index (χ4n) is 8.41. The monoisotopic (exact) mass is 436 g/mol. The summed E-state index contributed by atoms with van der Waals surface area (Å²) in [5.41, 5.74) is 3.25. The number of carbonyl (C=O) groups excluding carboxylic acids is 1. The molecule has 174 valence electrons. The molecule has 4 nitrogen and oxygen atoms in total. The van der Waals surface area contributed by atoms with Gasteiger partial charge in [0, 0.05) is 25.2 Å². The van der Waals surface area contributed by atoms with Gasteiger partial charge < -0.3 is 9.64 Å². The molecule has 0 spiro atoms. The topological polar surface area (TPSA) is 42.4 Å². The maximum Gasteiger partial charge on any atom is 0.222 e. The van der Waals surface area contributed by atoms with E-state index in [9.17, 15) is 4.79 Å². The molecule has 2 saturated carbocycles. The second kappa shape index (κ2) is 8.18. The van der Waals surface area contributed by atoms with E-state index in [1.165, 1.54) is 56.1 Å². The number of allylic oxidation sites excluding steroid dienone is 2. The van der Waals surface area contributed by atoms with Crippen LogP contribution in [0.1, 0.15) is 84.6 Å². The summed E-state index contributed by atoms with van der Waals surface area (Å²) >= 11 is 0. The second-order valence-electron chi connectivity index (χ2n) is 11.2. The second-order valence-corrected chi connectivity index (χ2v) is 11.2. The highest BCUT2D eigenvalue weighted by Crippen LogP contribution is 2.66. The molecule has 2 heterocycles. The first kappa shape index (κ1) is 22.0. The molecular weight excluding hydrogens is 396 g/mol. The zero-order valence-corrected chi connectivity index (χ0v) is 20.4. The van der Waals surface area contributed by atoms with Gasteiger partial charge in [-0.15, -0.1) is 0 Å². The summed E-state index contributed by atoms with van der Waals surface area (Å²) in [7, 11) is 0. The lowest BCUT2D eigenvalue weighted by molar-refractivity contribution is -0.153. The van der Waals surface area contributed by atoms with Crippen molar-refractivity contribution in [3.05, 3.63) is 30.1 Å². The first-order valence-corrected chi connectivity index (χ1v) is 13.0. The van der Waals surface area contributed by atoms with Crippen LogP contribution in [0, 0.1) is 28.6 Å². The highest BCUT2D eigenvalue weighted by molar-refractivity contribution is 5.76. The molecule has 1 aromatic heterocycles. The minimum absolute atomic E-state index is 0.227. The van der Waals surface area contributed by atoms with Crippen LogP contribution in [0.2, 0.25) is 0 Å². The number of pyridine rings is 1. The molecule has 1 amide bonds. The summed E-state index contributed by atoms with van der Waals surface area (Å²) < 4.78 is 5.75. The summed E-state index contributed by atoms with van der Waals surface area (Å²) in [6, 6.07) is 2.64. The van der Waals surface area contributed by atoms with Gasteiger partial charge in [-0.3, -0.25) is 9.78 Å². The number of carbonyl (C=O) groups is 1. The van der Waals surface area contributed by atoms with Crippen LogP contribution in [0.3, 0.4) is 0 Å². The number of rotatable bonds is 4. The first-order chi connectivity index (χ1) is 15.4. The Bertz CT molecular complexity index is 910. The Balaban J connectivity index is 1.41. The average Bonchev–Trinajstić information content (AvgIpc) is 3.15. The summed E-state index contributed by atoms with van der Waals surface area (Å²) in [5.74, 6) is 3.46. The third-order valence-electron chi connectivity index (χ3n) is 9.85. The Morgan fingerprint density at radius 1 is 1.16 bits per heavy atom. The van der Waals surface area contributed by atoms with Crippen molar-refractivity contribution in [2.75, 3.05) is 13.2 Å². The Labute approximate surface area is 193 Å². The van der Waals surface area contributed by atoms with Crippen molar-refractivity contribution in [3.63, 3.8) is 0 Å². The normalized spacial score (nSPS) is 38.4. The highest BCUT2D eigenvalue weighted by Gasteiger charge is 2.59. The van der Waals surface area contributed by atoms with Crippen molar-refractivity contribution in [3.8, 4) is 5.75 Å². The lowest BCUT2D eigenvalue weighted by Gasteiger charge is -2.62. The molecule has 32 heavy (non-hydrogen) atoms. The quantitative estimate of drug-likeness (QED) is 0.571. The van der Waals surface area contributed by atoms with Crippen molar-refractivity contribution >= 4 is 11.5 Å². The number of piperidine rings is 1. The van der Waals surface area contributed by atoms with Crippen LogP contribution in [-0.4, -0.2) is 35.0 Å². The van der Waals surface area contributed by atoms with Crippen LogP contribution in [0.25, 0.3) is 5.57 Å². The fourth-order valence-corrected chi connectivity index (χ4v) is 8.41. The Kier molecular flexibility index (Phi) is 5.62. The van der Waals surface area contributed by atoms with Crippen molar-refractivity contribution in [2.45, 2.75) is 85.1 Å². The van der Waals surface area contributed by atoms with Crippen molar-refractivity contribution in [2.24, 2.45) is 28.6 Å². The van der Waals surface area contributed by atoms with Crippen LogP contribution in [0.4, 0.5) is 0 Å². The van der Waals surface area contributed by atoms with Crippen LogP contribution >= 0.6 is 0 Å². The van der Waals surface area contributed by atoms with E-state index in [2.05, 4.69) is 35.9 Å². The van der Waals surface area contributed by atoms with E-state index in [1.54, 1.807) is 0 Å². The van der Waals surface area contributed by atoms with Gasteiger partial charge in [-0.2, -0.15) is 0 Å². The molecule has 0 bridgehead atoms. The molecule has 6 atom stereocenters. The van der Waals surface area contributed by atoms with Gasteiger partial charge in [-0.05, 0) is 97.7 Å². The molecule has 1 aromatic rings. The molecular formula is C28H40N2O2. The molecule has 5 unspecified atom stereocenters. The van der Waals surface area contributed by atoms with E-state index in [0.29, 0.717) is 30.9 Å². The average molecular weight is 437 g/mol. The van der Waals surface area contributed by atoms with E-state index >= 15 is 0 Å². The van der Waals surface area contributed by atoms with Gasteiger partial charge in [0.05, 0.1) is 12.8 Å². The Hall–Kier alpha value is -1.84. The van der Waals surface area contributed by atoms with Gasteiger partial charge in [-0.25, -0.2) is 0 Å². The van der Waals surface area contributed by atoms with E-state index in [4.69, 9.17) is 4.74 Å².